The molecule has 0 radical (unpaired) electrons. The number of hydrogen-bond acceptors (Lipinski definition) is 21. The number of amides is 15. The number of aliphatic hydroxyl groups excluding tert-OH is 2. The first-order valence-electron chi connectivity index (χ1n) is 43.3. The summed E-state index contributed by atoms with van der Waals surface area (Å²) in [7, 11) is 2.57. The highest BCUT2D eigenvalue weighted by atomic mass is 32.2. The van der Waals surface area contributed by atoms with E-state index < -0.39 is 222 Å². The zero-order valence-electron chi connectivity index (χ0n) is 73.8. The zero-order valence-corrected chi connectivity index (χ0v) is 74.6. The van der Waals surface area contributed by atoms with Crippen LogP contribution in [0.2, 0.25) is 0 Å². The SMILES string of the molecule is CC(C)[C@@H]1NC(=O)[C@H](Cc2ccccc2)NC(=O)CSC[C@@H](C(=O)NCC(=O)N[C@@H](CCCCN)C(N)=O)NC(=O)[C@@H]2CCCN2C(=O)[C@H](C)NC(=O)[C@H](CCC(=O)O)NC(=O)[C@H](C)N(C)C(=O)[C@H](Cc2ccc(-c3ccccc3)cc2)NC(=O)[C@H](C)N(C)C(=O)[C@H](Cc2ccc(-c3ccccc3)cc2)NC(=O)[C@H]([C@@H](C)O)NC[C@H]([C@@H](C)O)NC(=O)[C@@H]2CCCN2C1=O. The molecule has 3 aliphatic heterocycles. The van der Waals surface area contributed by atoms with E-state index in [-0.39, 0.29) is 70.3 Å². The van der Waals surface area contributed by atoms with E-state index in [1.807, 2.05) is 84.9 Å². The fraction of sp³-hybridized carbons (Fsp3) is 0.495. The van der Waals surface area contributed by atoms with E-state index in [0.717, 1.165) is 48.7 Å². The summed E-state index contributed by atoms with van der Waals surface area (Å²) < 4.78 is 0. The van der Waals surface area contributed by atoms with Gasteiger partial charge in [0.1, 0.15) is 78.5 Å². The maximum atomic E-state index is 15.3. The van der Waals surface area contributed by atoms with Crippen LogP contribution in [0.4, 0.5) is 0 Å². The van der Waals surface area contributed by atoms with Crippen molar-refractivity contribution in [2.24, 2.45) is 17.4 Å². The van der Waals surface area contributed by atoms with Crippen LogP contribution in [0.3, 0.4) is 0 Å². The van der Waals surface area contributed by atoms with E-state index in [9.17, 15) is 82.4 Å². The molecule has 3 heterocycles. The van der Waals surface area contributed by atoms with Crippen LogP contribution in [0.1, 0.15) is 123 Å². The normalized spacial score (nSPS) is 24.6. The molecule has 0 aliphatic carbocycles. The molecule has 0 saturated carbocycles. The molecule has 15 amide bonds. The average Bonchev–Trinajstić information content (AvgIpc) is 1.64. The highest BCUT2D eigenvalue weighted by Crippen LogP contribution is 2.26. The van der Waals surface area contributed by atoms with Gasteiger partial charge in [-0.1, -0.05) is 153 Å². The van der Waals surface area contributed by atoms with Gasteiger partial charge < -0.3 is 105 Å². The highest BCUT2D eigenvalue weighted by Gasteiger charge is 2.44. The molecule has 36 nitrogen and oxygen atoms in total. The van der Waals surface area contributed by atoms with Crippen molar-refractivity contribution in [3.05, 3.63) is 156 Å². The van der Waals surface area contributed by atoms with Gasteiger partial charge in [-0.15, -0.1) is 11.8 Å². The molecule has 3 aliphatic rings. The molecule has 0 bridgehead atoms. The summed E-state index contributed by atoms with van der Waals surface area (Å²) in [5, 5.41) is 62.2. The number of fused-ring (bicyclic) bond motifs is 2. The van der Waals surface area contributed by atoms with Crippen molar-refractivity contribution in [2.75, 3.05) is 58.3 Å². The van der Waals surface area contributed by atoms with E-state index in [1.165, 1.54) is 53.6 Å². The van der Waals surface area contributed by atoms with Crippen LogP contribution in [0.5, 0.6) is 0 Å². The van der Waals surface area contributed by atoms with Crippen LogP contribution in [-0.4, -0.2) is 285 Å². The molecule has 3 saturated heterocycles. The monoisotopic (exact) mass is 1790 g/mol. The molecule has 0 unspecified atom stereocenters. The molecule has 128 heavy (non-hydrogen) atoms. The molecular formula is C91H123N17O19S. The maximum Gasteiger partial charge on any atom is 0.303 e. The number of aliphatic carboxylic acids is 1. The van der Waals surface area contributed by atoms with Gasteiger partial charge in [0.15, 0.2) is 0 Å². The number of unbranched alkanes of at least 4 members (excludes halogenated alkanes) is 1. The quantitative estimate of drug-likeness (QED) is 0.0377. The van der Waals surface area contributed by atoms with Gasteiger partial charge in [0.05, 0.1) is 30.5 Å². The Labute approximate surface area is 749 Å². The van der Waals surface area contributed by atoms with E-state index in [4.69, 9.17) is 11.5 Å². The molecule has 5 aromatic carbocycles. The van der Waals surface area contributed by atoms with Crippen molar-refractivity contribution in [3.63, 3.8) is 0 Å². The number of hydrogen-bond donors (Lipinski definition) is 16. The molecule has 37 heteroatoms. The Balaban J connectivity index is 1.13. The van der Waals surface area contributed by atoms with Gasteiger partial charge in [0.25, 0.3) is 0 Å². The van der Waals surface area contributed by atoms with Crippen LogP contribution in [-0.2, 0) is 96.0 Å². The third-order valence-corrected chi connectivity index (χ3v) is 24.2. The molecule has 8 rings (SSSR count). The van der Waals surface area contributed by atoms with Gasteiger partial charge in [-0.3, -0.25) is 76.7 Å². The largest absolute Gasteiger partial charge is 0.481 e. The van der Waals surface area contributed by atoms with E-state index >= 15 is 9.59 Å². The number of nitrogens with two attached hydrogens (primary N) is 2. The van der Waals surface area contributed by atoms with Crippen molar-refractivity contribution in [1.29, 1.82) is 0 Å². The second-order valence-electron chi connectivity index (χ2n) is 33.1. The third-order valence-electron chi connectivity index (χ3n) is 23.1. The second-order valence-corrected chi connectivity index (χ2v) is 34.2. The number of carbonyl (C=O) groups excluding carboxylic acids is 15. The summed E-state index contributed by atoms with van der Waals surface area (Å²) in [5.41, 5.74) is 16.3. The zero-order chi connectivity index (χ0) is 93.6. The first-order chi connectivity index (χ1) is 60.9. The minimum atomic E-state index is -1.69. The van der Waals surface area contributed by atoms with Crippen LogP contribution in [0.15, 0.2) is 140 Å². The van der Waals surface area contributed by atoms with E-state index in [2.05, 4.69) is 58.5 Å². The van der Waals surface area contributed by atoms with Gasteiger partial charge in [0, 0.05) is 65.2 Å². The lowest BCUT2D eigenvalue weighted by Crippen LogP contribution is -2.62. The summed E-state index contributed by atoms with van der Waals surface area (Å²) in [5.74, 6) is -15.6. The van der Waals surface area contributed by atoms with Crippen LogP contribution < -0.4 is 70.0 Å². The Morgan fingerprint density at radius 2 is 0.977 bits per heavy atom. The second kappa shape index (κ2) is 49.2. The Hall–Kier alpha value is -12.2. The minimum absolute atomic E-state index is 0.0237. The van der Waals surface area contributed by atoms with Crippen LogP contribution in [0.25, 0.3) is 22.3 Å². The number of carboxylic acid groups (broad SMARTS) is 1. The minimum Gasteiger partial charge on any atom is -0.481 e. The van der Waals surface area contributed by atoms with Crippen molar-refractivity contribution in [1.82, 2.24) is 78.1 Å². The van der Waals surface area contributed by atoms with Crippen LogP contribution >= 0.6 is 11.8 Å². The highest BCUT2D eigenvalue weighted by molar-refractivity contribution is 8.00. The number of nitrogens with one attached hydrogen (secondary N) is 11. The summed E-state index contributed by atoms with van der Waals surface area (Å²) in [6.45, 7) is 9.20. The molecule has 692 valence electrons. The van der Waals surface area contributed by atoms with Gasteiger partial charge in [-0.25, -0.2) is 0 Å². The van der Waals surface area contributed by atoms with Crippen molar-refractivity contribution >= 4 is 106 Å². The Morgan fingerprint density at radius 1 is 0.508 bits per heavy atom. The molecular weight excluding hydrogens is 1670 g/mol. The summed E-state index contributed by atoms with van der Waals surface area (Å²) in [4.78, 5) is 234. The fourth-order valence-corrected chi connectivity index (χ4v) is 16.1. The van der Waals surface area contributed by atoms with E-state index in [1.54, 1.807) is 68.4 Å². The lowest BCUT2D eigenvalue weighted by atomic mass is 9.99. The first kappa shape index (κ1) is 101. The number of primary amides is 1. The molecule has 18 N–H and O–H groups in total. The number of likely N-dealkylation sites (N-methyl/N-ethyl adjacent to an activating group) is 2. The van der Waals surface area contributed by atoms with Gasteiger partial charge >= 0.3 is 5.97 Å². The molecule has 5 aromatic rings. The first-order valence-corrected chi connectivity index (χ1v) is 44.4. The van der Waals surface area contributed by atoms with Gasteiger partial charge in [-0.05, 0) is 137 Å². The molecule has 3 fully saturated rings. The third kappa shape index (κ3) is 29.4. The lowest BCUT2D eigenvalue weighted by Gasteiger charge is -2.33. The predicted molar refractivity (Wildman–Crippen MR) is 478 cm³/mol. The standard InChI is InChI=1S/C91H123N17O19S/c1-52(2)77-91(127)108-44-22-31-73(108)85(121)102-70(56(6)109)48-94-78(57(7)110)87(123)101-69(47-60-34-38-64(39-35-60)62-27-17-12-18-28-62)90(126)106(9)55(5)81(117)100-68(46-59-32-36-63(37-33-59)61-25-15-11-16-26-61)89(125)105(8)54(4)80(116)99-66(40-41-76(113)114)83(119)96-53(3)88(124)107-43-21-30-72(107)86(122)103-71(82(118)95-49-74(111)97-65(79(93)115)29-19-20-42-92)50-128-51-75(112)98-67(84(120)104-77)45-58-23-13-10-14-24-58/h10-18,23-28,32-39,52-57,65-73,77-78,94,109-110H,19-22,29-31,40-51,92H2,1-9H3,(H2,93,115)(H,95,118)(H,96,119)(H,97,111)(H,98,112)(H,99,116)(H,100,117)(H,101,123)(H,102,121)(H,103,122)(H,104,120)(H,113,114)/t53-,54-,55-,56+,57+,65-,66-,67-,68-,69-,70+,71-,72-,73-,77-,78-/m0/s1. The maximum absolute atomic E-state index is 15.3. The smallest absolute Gasteiger partial charge is 0.303 e. The topological polar surface area (TPSA) is 531 Å². The number of carbonyl (C=O) groups is 16. The van der Waals surface area contributed by atoms with Crippen molar-refractivity contribution in [2.45, 2.75) is 222 Å². The number of carboxylic acids is 1. The predicted octanol–water partition coefficient (Wildman–Crippen LogP) is -0.175. The van der Waals surface area contributed by atoms with Crippen LogP contribution in [0, 0.1) is 5.92 Å². The molecule has 0 aromatic heterocycles. The Kier molecular flexibility index (Phi) is 38.9. The van der Waals surface area contributed by atoms with Crippen molar-refractivity contribution < 1.29 is 92.0 Å². The van der Waals surface area contributed by atoms with Gasteiger partial charge in [-0.2, -0.15) is 0 Å². The van der Waals surface area contributed by atoms with E-state index in [0.29, 0.717) is 42.5 Å². The number of benzene rings is 5. The Morgan fingerprint density at radius 3 is 1.47 bits per heavy atom. The lowest BCUT2D eigenvalue weighted by molar-refractivity contribution is -0.145. The van der Waals surface area contributed by atoms with Crippen molar-refractivity contribution in [3.8, 4) is 22.3 Å². The number of thioether (sulfide) groups is 1. The summed E-state index contributed by atoms with van der Waals surface area (Å²) in [6.07, 6.45) is -2.78. The summed E-state index contributed by atoms with van der Waals surface area (Å²) >= 11 is 0.822. The summed E-state index contributed by atoms with van der Waals surface area (Å²) in [6, 6.07) is 22.0. The molecule has 16 atom stereocenters. The fourth-order valence-electron chi connectivity index (χ4n) is 15.3. The number of aliphatic hydroxyl groups is 2. The average molecular weight is 1790 g/mol. The van der Waals surface area contributed by atoms with Gasteiger partial charge in [0.2, 0.25) is 88.6 Å². The number of nitrogens with zero attached hydrogens (tertiary/aromatic N) is 4. The molecule has 0 spiro atoms. The Bertz CT molecular complexity index is 4670. The number of rotatable bonds is 23.